The lowest BCUT2D eigenvalue weighted by Crippen LogP contribution is -2.17. The van der Waals surface area contributed by atoms with Gasteiger partial charge in [0.25, 0.3) is 11.6 Å². The molecule has 0 saturated heterocycles. The maximum absolute atomic E-state index is 12.4. The molecule has 0 aliphatic carbocycles. The van der Waals surface area contributed by atoms with Gasteiger partial charge in [0.05, 0.1) is 10.4 Å². The summed E-state index contributed by atoms with van der Waals surface area (Å²) in [6.45, 7) is 6.08. The van der Waals surface area contributed by atoms with Gasteiger partial charge in [-0.25, -0.2) is 0 Å². The molecular weight excluding hydrogens is 346 g/mol. The van der Waals surface area contributed by atoms with Gasteiger partial charge in [-0.2, -0.15) is 0 Å². The van der Waals surface area contributed by atoms with E-state index in [-0.39, 0.29) is 22.2 Å². The van der Waals surface area contributed by atoms with Crippen molar-refractivity contribution in [3.63, 3.8) is 0 Å². The van der Waals surface area contributed by atoms with Crippen LogP contribution in [0.2, 0.25) is 0 Å². The van der Waals surface area contributed by atoms with Crippen LogP contribution in [0.15, 0.2) is 53.3 Å². The first kappa shape index (κ1) is 18.3. The topological polar surface area (TPSA) is 105 Å². The van der Waals surface area contributed by atoms with Crippen molar-refractivity contribution in [2.75, 3.05) is 5.32 Å². The number of nitro groups is 1. The molecule has 3 rings (SSSR count). The number of hydrogen-bond donors (Lipinski definition) is 2. The van der Waals surface area contributed by atoms with Gasteiger partial charge >= 0.3 is 0 Å². The molecule has 0 bridgehead atoms. The fourth-order valence-electron chi connectivity index (χ4n) is 2.92. The Hall–Kier alpha value is -3.48. The molecule has 27 heavy (non-hydrogen) atoms. The number of pyridine rings is 1. The van der Waals surface area contributed by atoms with Crippen LogP contribution >= 0.6 is 0 Å². The minimum absolute atomic E-state index is 0.152. The van der Waals surface area contributed by atoms with E-state index in [9.17, 15) is 19.7 Å². The van der Waals surface area contributed by atoms with Crippen molar-refractivity contribution in [2.24, 2.45) is 0 Å². The van der Waals surface area contributed by atoms with E-state index in [1.807, 2.05) is 26.8 Å². The Balaban J connectivity index is 1.96. The van der Waals surface area contributed by atoms with Gasteiger partial charge in [-0.05, 0) is 29.2 Å². The van der Waals surface area contributed by atoms with E-state index in [0.29, 0.717) is 11.2 Å². The van der Waals surface area contributed by atoms with E-state index >= 15 is 0 Å². The van der Waals surface area contributed by atoms with Crippen molar-refractivity contribution in [3.05, 3.63) is 80.1 Å². The van der Waals surface area contributed by atoms with Crippen molar-refractivity contribution in [2.45, 2.75) is 26.2 Å². The van der Waals surface area contributed by atoms with Crippen molar-refractivity contribution in [1.82, 2.24) is 4.98 Å². The van der Waals surface area contributed by atoms with Crippen LogP contribution in [0.1, 0.15) is 36.7 Å². The van der Waals surface area contributed by atoms with Crippen LogP contribution in [0.5, 0.6) is 0 Å². The number of aromatic amines is 1. The second-order valence-corrected chi connectivity index (χ2v) is 7.32. The highest BCUT2D eigenvalue weighted by atomic mass is 16.6. The number of nitro benzene ring substituents is 1. The largest absolute Gasteiger partial charge is 0.322 e. The molecule has 0 saturated carbocycles. The van der Waals surface area contributed by atoms with Crippen molar-refractivity contribution in [3.8, 4) is 0 Å². The lowest BCUT2D eigenvalue weighted by atomic mass is 9.85. The molecule has 3 aromatic rings. The number of amides is 1. The summed E-state index contributed by atoms with van der Waals surface area (Å²) in [6.07, 6.45) is 0. The first-order chi connectivity index (χ1) is 12.6. The van der Waals surface area contributed by atoms with Crippen molar-refractivity contribution < 1.29 is 9.72 Å². The van der Waals surface area contributed by atoms with Crippen LogP contribution in [-0.4, -0.2) is 15.8 Å². The van der Waals surface area contributed by atoms with Crippen LogP contribution in [-0.2, 0) is 5.41 Å². The van der Waals surface area contributed by atoms with Crippen molar-refractivity contribution in [1.29, 1.82) is 0 Å². The molecule has 0 atom stereocenters. The van der Waals surface area contributed by atoms with Crippen LogP contribution in [0, 0.1) is 10.1 Å². The van der Waals surface area contributed by atoms with Gasteiger partial charge in [-0.1, -0.05) is 32.9 Å². The summed E-state index contributed by atoms with van der Waals surface area (Å²) in [4.78, 5) is 37.5. The maximum Gasteiger partial charge on any atom is 0.270 e. The van der Waals surface area contributed by atoms with Gasteiger partial charge in [0, 0.05) is 34.8 Å². The number of rotatable bonds is 3. The van der Waals surface area contributed by atoms with E-state index < -0.39 is 10.8 Å². The average molecular weight is 365 g/mol. The first-order valence-electron chi connectivity index (χ1n) is 8.38. The fraction of sp³-hybridized carbons (Fsp3) is 0.200. The second kappa shape index (κ2) is 6.68. The number of fused-ring (bicyclic) bond motifs is 1. The molecule has 1 amide bonds. The molecular formula is C20H19N3O4. The molecule has 2 N–H and O–H groups in total. The summed E-state index contributed by atoms with van der Waals surface area (Å²) < 4.78 is 0. The highest BCUT2D eigenvalue weighted by Crippen LogP contribution is 2.29. The highest BCUT2D eigenvalue weighted by molar-refractivity contribution is 6.05. The van der Waals surface area contributed by atoms with Crippen LogP contribution in [0.4, 0.5) is 11.4 Å². The lowest BCUT2D eigenvalue weighted by Gasteiger charge is -2.21. The van der Waals surface area contributed by atoms with Crippen LogP contribution in [0.3, 0.4) is 0 Å². The van der Waals surface area contributed by atoms with Gasteiger partial charge in [-0.3, -0.25) is 19.7 Å². The van der Waals surface area contributed by atoms with E-state index in [1.54, 1.807) is 18.2 Å². The third-order valence-electron chi connectivity index (χ3n) is 4.23. The fourth-order valence-corrected chi connectivity index (χ4v) is 2.92. The number of nitrogens with zero attached hydrogens (tertiary/aromatic N) is 1. The number of carbonyl (C=O) groups is 1. The standard InChI is InChI=1S/C20H19N3O4/c1-20(2,3)16-11-18(24)22-17-10-13(7-8-15(16)17)21-19(25)12-5-4-6-14(9-12)23(26)27/h4-11H,1-3H3,(H,21,25)(H,22,24). The molecule has 2 aromatic carbocycles. The lowest BCUT2D eigenvalue weighted by molar-refractivity contribution is -0.384. The molecule has 0 aliphatic rings. The Morgan fingerprint density at radius 2 is 1.85 bits per heavy atom. The van der Waals surface area contributed by atoms with Gasteiger partial charge < -0.3 is 10.3 Å². The van der Waals surface area contributed by atoms with Gasteiger partial charge in [0.15, 0.2) is 0 Å². The molecule has 0 aliphatic heterocycles. The van der Waals surface area contributed by atoms with Crippen LogP contribution in [0.25, 0.3) is 10.9 Å². The van der Waals surface area contributed by atoms with E-state index in [1.165, 1.54) is 24.3 Å². The highest BCUT2D eigenvalue weighted by Gasteiger charge is 2.18. The number of hydrogen-bond acceptors (Lipinski definition) is 4. The number of nitrogens with one attached hydrogen (secondary N) is 2. The Labute approximate surface area is 155 Å². The van der Waals surface area contributed by atoms with E-state index in [4.69, 9.17) is 0 Å². The molecule has 0 fully saturated rings. The number of aromatic nitrogens is 1. The molecule has 138 valence electrons. The molecule has 7 nitrogen and oxygen atoms in total. The summed E-state index contributed by atoms with van der Waals surface area (Å²) in [5.41, 5.74) is 1.62. The zero-order chi connectivity index (χ0) is 19.8. The first-order valence-corrected chi connectivity index (χ1v) is 8.38. The third-order valence-corrected chi connectivity index (χ3v) is 4.23. The smallest absolute Gasteiger partial charge is 0.270 e. The normalized spacial score (nSPS) is 11.4. The third kappa shape index (κ3) is 3.87. The van der Waals surface area contributed by atoms with E-state index in [2.05, 4.69) is 10.3 Å². The second-order valence-electron chi connectivity index (χ2n) is 7.32. The number of carbonyl (C=O) groups excluding carboxylic acids is 1. The minimum atomic E-state index is -0.550. The summed E-state index contributed by atoms with van der Waals surface area (Å²) >= 11 is 0. The molecule has 0 spiro atoms. The zero-order valence-electron chi connectivity index (χ0n) is 15.2. The molecule has 7 heteroatoms. The Bertz CT molecular complexity index is 1110. The number of anilines is 1. The molecule has 1 aromatic heterocycles. The summed E-state index contributed by atoms with van der Waals surface area (Å²) in [7, 11) is 0. The molecule has 0 radical (unpaired) electrons. The Morgan fingerprint density at radius 1 is 1.11 bits per heavy atom. The minimum Gasteiger partial charge on any atom is -0.322 e. The van der Waals surface area contributed by atoms with Crippen LogP contribution < -0.4 is 10.9 Å². The quantitative estimate of drug-likeness (QED) is 0.541. The zero-order valence-corrected chi connectivity index (χ0v) is 15.2. The van der Waals surface area contributed by atoms with Gasteiger partial charge in [-0.15, -0.1) is 0 Å². The van der Waals surface area contributed by atoms with Gasteiger partial charge in [0.2, 0.25) is 5.56 Å². The molecule has 0 unspecified atom stereocenters. The number of H-pyrrole nitrogens is 1. The van der Waals surface area contributed by atoms with E-state index in [0.717, 1.165) is 10.9 Å². The SMILES string of the molecule is CC(C)(C)c1cc(=O)[nH]c2cc(NC(=O)c3cccc([N+](=O)[O-])c3)ccc12. The van der Waals surface area contributed by atoms with Crippen molar-refractivity contribution >= 4 is 28.2 Å². The summed E-state index contributed by atoms with van der Waals surface area (Å²) in [5, 5.41) is 14.5. The summed E-state index contributed by atoms with van der Waals surface area (Å²) in [5.74, 6) is -0.465. The predicted molar refractivity (Wildman–Crippen MR) is 104 cm³/mol. The Kier molecular flexibility index (Phi) is 4.53. The Morgan fingerprint density at radius 3 is 2.52 bits per heavy atom. The number of non-ortho nitro benzene ring substituents is 1. The average Bonchev–Trinajstić information content (AvgIpc) is 2.60. The van der Waals surface area contributed by atoms with Gasteiger partial charge in [0.1, 0.15) is 0 Å². The monoisotopic (exact) mass is 365 g/mol. The number of benzene rings is 2. The molecule has 1 heterocycles. The summed E-state index contributed by atoms with van der Waals surface area (Å²) in [6, 6.07) is 12.4. The maximum atomic E-state index is 12.4. The predicted octanol–water partition coefficient (Wildman–Crippen LogP) is 3.99.